The van der Waals surface area contributed by atoms with Crippen LogP contribution in [-0.2, 0) is 10.2 Å². The van der Waals surface area contributed by atoms with Gasteiger partial charge in [0.1, 0.15) is 12.2 Å². The monoisotopic (exact) mass is 407 g/mol. The zero-order valence-electron chi connectivity index (χ0n) is 16.4. The standard InChI is InChI=1S/C21H21N5O2S/c1-21(16-6-14(11-29-16)15-8-23-12-24-9-15)7-17(22)26(2)20(27)19(21)13-4-5-18(28-3)25-10-13/h4-6,8-12,19,22H,7H2,1-3H3/t19-,21-/m1/s1. The molecule has 29 heavy (non-hydrogen) atoms. The van der Waals surface area contributed by atoms with Crippen LogP contribution < -0.4 is 4.74 Å². The number of nitrogens with one attached hydrogen (secondary N) is 1. The molecule has 1 aliphatic rings. The summed E-state index contributed by atoms with van der Waals surface area (Å²) >= 11 is 1.59. The third kappa shape index (κ3) is 3.29. The SMILES string of the molecule is COc1ccc([C@@H]2C(=O)N(C)C(=N)C[C@]2(C)c2cc(-c3cncnc3)cs2)cn1. The number of likely N-dealkylation sites (N-methyl/N-ethyl adjacent to an activating group) is 1. The maximum absolute atomic E-state index is 13.3. The highest BCUT2D eigenvalue weighted by Crippen LogP contribution is 2.48. The fourth-order valence-electron chi connectivity index (χ4n) is 3.83. The lowest BCUT2D eigenvalue weighted by Crippen LogP contribution is -2.52. The minimum atomic E-state index is -0.560. The molecule has 0 aliphatic carbocycles. The van der Waals surface area contributed by atoms with Crippen LogP contribution in [0.5, 0.6) is 5.88 Å². The van der Waals surface area contributed by atoms with Gasteiger partial charge in [-0.1, -0.05) is 13.0 Å². The number of nitrogens with zero attached hydrogens (tertiary/aromatic N) is 4. The molecule has 3 aromatic rings. The summed E-state index contributed by atoms with van der Waals surface area (Å²) in [5.41, 5.74) is 2.19. The summed E-state index contributed by atoms with van der Waals surface area (Å²) in [4.78, 5) is 28.2. The number of hydrogen-bond donors (Lipinski definition) is 1. The average molecular weight is 407 g/mol. The van der Waals surface area contributed by atoms with Crippen molar-refractivity contribution in [1.82, 2.24) is 19.9 Å². The van der Waals surface area contributed by atoms with Crippen LogP contribution in [0.25, 0.3) is 11.1 Å². The summed E-state index contributed by atoms with van der Waals surface area (Å²) < 4.78 is 5.16. The van der Waals surface area contributed by atoms with Gasteiger partial charge in [-0.25, -0.2) is 15.0 Å². The normalized spacial score (nSPS) is 22.0. The molecule has 3 aromatic heterocycles. The summed E-state index contributed by atoms with van der Waals surface area (Å²) in [6.45, 7) is 2.05. The second kappa shape index (κ2) is 7.36. The zero-order valence-corrected chi connectivity index (χ0v) is 17.2. The number of rotatable bonds is 4. The van der Waals surface area contributed by atoms with Gasteiger partial charge in [0.2, 0.25) is 11.8 Å². The maximum atomic E-state index is 13.3. The summed E-state index contributed by atoms with van der Waals surface area (Å²) in [7, 11) is 3.23. The van der Waals surface area contributed by atoms with E-state index >= 15 is 0 Å². The first-order valence-electron chi connectivity index (χ1n) is 9.13. The number of pyridine rings is 1. The first-order valence-corrected chi connectivity index (χ1v) is 10.0. The van der Waals surface area contributed by atoms with Crippen LogP contribution in [0.2, 0.25) is 0 Å². The number of carbonyl (C=O) groups is 1. The first kappa shape index (κ1) is 19.2. The van der Waals surface area contributed by atoms with Crippen molar-refractivity contribution in [1.29, 1.82) is 5.41 Å². The molecule has 1 N–H and O–H groups in total. The molecule has 4 rings (SSSR count). The quantitative estimate of drug-likeness (QED) is 0.715. The Balaban J connectivity index is 1.80. The van der Waals surface area contributed by atoms with E-state index in [0.29, 0.717) is 18.1 Å². The Labute approximate surface area is 172 Å². The number of methoxy groups -OCH3 is 1. The second-order valence-electron chi connectivity index (χ2n) is 7.33. The fraction of sp³-hybridized carbons (Fsp3) is 0.286. The van der Waals surface area contributed by atoms with Gasteiger partial charge in [0.25, 0.3) is 0 Å². The van der Waals surface area contributed by atoms with Gasteiger partial charge in [-0.3, -0.25) is 10.2 Å². The molecule has 0 radical (unpaired) electrons. The Morgan fingerprint density at radius 2 is 2.00 bits per heavy atom. The Bertz CT molecular complexity index is 1050. The van der Waals surface area contributed by atoms with Crippen molar-refractivity contribution >= 4 is 23.1 Å². The van der Waals surface area contributed by atoms with Crippen LogP contribution in [0.15, 0.2) is 48.5 Å². The van der Waals surface area contributed by atoms with E-state index in [4.69, 9.17) is 10.1 Å². The minimum absolute atomic E-state index is 0.103. The number of aromatic nitrogens is 3. The van der Waals surface area contributed by atoms with Crippen molar-refractivity contribution in [3.05, 3.63) is 58.9 Å². The topological polar surface area (TPSA) is 92.1 Å². The van der Waals surface area contributed by atoms with Crippen LogP contribution in [0, 0.1) is 5.41 Å². The van der Waals surface area contributed by atoms with Crippen molar-refractivity contribution in [3.8, 4) is 17.0 Å². The van der Waals surface area contributed by atoms with Gasteiger partial charge in [0.05, 0.1) is 13.0 Å². The highest BCUT2D eigenvalue weighted by molar-refractivity contribution is 7.10. The number of ether oxygens (including phenoxy) is 1. The van der Waals surface area contributed by atoms with E-state index in [1.54, 1.807) is 50.2 Å². The largest absolute Gasteiger partial charge is 0.481 e. The molecular weight excluding hydrogens is 386 g/mol. The van der Waals surface area contributed by atoms with Gasteiger partial charge in [0.15, 0.2) is 0 Å². The van der Waals surface area contributed by atoms with Crippen LogP contribution in [0.1, 0.15) is 29.7 Å². The number of piperidine rings is 1. The number of amides is 1. The third-order valence-electron chi connectivity index (χ3n) is 5.51. The lowest BCUT2D eigenvalue weighted by Gasteiger charge is -2.43. The van der Waals surface area contributed by atoms with E-state index in [1.807, 2.05) is 6.07 Å². The number of likely N-dealkylation sites (tertiary alicyclic amines) is 1. The number of amidine groups is 1. The van der Waals surface area contributed by atoms with Gasteiger partial charge >= 0.3 is 0 Å². The van der Waals surface area contributed by atoms with E-state index in [9.17, 15) is 4.79 Å². The summed E-state index contributed by atoms with van der Waals surface area (Å²) in [6, 6.07) is 5.73. The van der Waals surface area contributed by atoms with Gasteiger partial charge < -0.3 is 9.64 Å². The lowest BCUT2D eigenvalue weighted by atomic mass is 9.67. The fourth-order valence-corrected chi connectivity index (χ4v) is 4.94. The van der Waals surface area contributed by atoms with Crippen molar-refractivity contribution in [2.24, 2.45) is 0 Å². The molecular formula is C21H21N5O2S. The molecule has 148 valence electrons. The third-order valence-corrected chi connectivity index (χ3v) is 6.72. The van der Waals surface area contributed by atoms with E-state index in [-0.39, 0.29) is 5.91 Å². The number of thiophene rings is 1. The van der Waals surface area contributed by atoms with Gasteiger partial charge in [0, 0.05) is 54.0 Å². The first-order chi connectivity index (χ1) is 13.9. The molecule has 0 saturated carbocycles. The smallest absolute Gasteiger partial charge is 0.236 e. The van der Waals surface area contributed by atoms with Crippen molar-refractivity contribution in [2.45, 2.75) is 24.7 Å². The Morgan fingerprint density at radius 3 is 2.66 bits per heavy atom. The maximum Gasteiger partial charge on any atom is 0.236 e. The Kier molecular flexibility index (Phi) is 4.87. The van der Waals surface area contributed by atoms with Crippen LogP contribution in [0.3, 0.4) is 0 Å². The zero-order chi connectivity index (χ0) is 20.6. The molecule has 4 heterocycles. The van der Waals surface area contributed by atoms with Crippen LogP contribution >= 0.6 is 11.3 Å². The second-order valence-corrected chi connectivity index (χ2v) is 8.24. The van der Waals surface area contributed by atoms with Crippen molar-refractivity contribution in [2.75, 3.05) is 14.2 Å². The molecule has 0 bridgehead atoms. The van der Waals surface area contributed by atoms with Crippen molar-refractivity contribution < 1.29 is 9.53 Å². The number of carbonyl (C=O) groups excluding carboxylic acids is 1. The summed E-state index contributed by atoms with van der Waals surface area (Å²) in [5, 5.41) is 10.4. The molecule has 7 nitrogen and oxygen atoms in total. The number of hydrogen-bond acceptors (Lipinski definition) is 7. The van der Waals surface area contributed by atoms with Crippen LogP contribution in [-0.4, -0.2) is 45.8 Å². The van der Waals surface area contributed by atoms with E-state index in [1.165, 1.54) is 11.2 Å². The van der Waals surface area contributed by atoms with E-state index in [0.717, 1.165) is 21.6 Å². The summed E-state index contributed by atoms with van der Waals surface area (Å²) in [6.07, 6.45) is 7.20. The van der Waals surface area contributed by atoms with E-state index < -0.39 is 11.3 Å². The minimum Gasteiger partial charge on any atom is -0.481 e. The molecule has 0 aromatic carbocycles. The molecule has 0 spiro atoms. The van der Waals surface area contributed by atoms with Gasteiger partial charge in [-0.05, 0) is 22.6 Å². The highest BCUT2D eigenvalue weighted by atomic mass is 32.1. The molecule has 8 heteroatoms. The summed E-state index contributed by atoms with van der Waals surface area (Å²) in [5.74, 6) is 0.266. The Hall–Kier alpha value is -3.13. The highest BCUT2D eigenvalue weighted by Gasteiger charge is 2.49. The molecule has 1 saturated heterocycles. The predicted octanol–water partition coefficient (Wildman–Crippen LogP) is 3.49. The lowest BCUT2D eigenvalue weighted by molar-refractivity contribution is -0.131. The molecule has 1 amide bonds. The predicted molar refractivity (Wildman–Crippen MR) is 111 cm³/mol. The Morgan fingerprint density at radius 1 is 1.24 bits per heavy atom. The molecule has 2 atom stereocenters. The van der Waals surface area contributed by atoms with Gasteiger partial charge in [-0.2, -0.15) is 0 Å². The van der Waals surface area contributed by atoms with Crippen LogP contribution in [0.4, 0.5) is 0 Å². The van der Waals surface area contributed by atoms with E-state index in [2.05, 4.69) is 33.3 Å². The molecule has 0 unspecified atom stereocenters. The molecule has 1 aliphatic heterocycles. The van der Waals surface area contributed by atoms with Gasteiger partial charge in [-0.15, -0.1) is 11.3 Å². The average Bonchev–Trinajstić information content (AvgIpc) is 3.24. The van der Waals surface area contributed by atoms with Crippen molar-refractivity contribution in [3.63, 3.8) is 0 Å². The molecule has 1 fully saturated rings.